The Balaban J connectivity index is 1.48. The highest BCUT2D eigenvalue weighted by Crippen LogP contribution is 2.59. The predicted molar refractivity (Wildman–Crippen MR) is 144 cm³/mol. The number of amides is 2. The third-order valence-electron chi connectivity index (χ3n) is 7.63. The van der Waals surface area contributed by atoms with Gasteiger partial charge in [0.15, 0.2) is 0 Å². The maximum absolute atomic E-state index is 13.8. The molecule has 2 bridgehead atoms. The monoisotopic (exact) mass is 531 g/mol. The third kappa shape index (κ3) is 3.60. The van der Waals surface area contributed by atoms with Gasteiger partial charge in [-0.1, -0.05) is 65.7 Å². The third-order valence-corrected chi connectivity index (χ3v) is 8.44. The molecule has 3 aromatic carbocycles. The maximum atomic E-state index is 13.8. The van der Waals surface area contributed by atoms with E-state index in [1.54, 1.807) is 32.4 Å². The molecule has 1 saturated carbocycles. The fourth-order valence-corrected chi connectivity index (χ4v) is 6.39. The first kappa shape index (κ1) is 23.8. The maximum Gasteiger partial charge on any atom is 0.238 e. The van der Waals surface area contributed by atoms with Crippen LogP contribution in [0.3, 0.4) is 0 Å². The second-order valence-electron chi connectivity index (χ2n) is 9.36. The van der Waals surface area contributed by atoms with Gasteiger partial charge < -0.3 is 9.47 Å². The number of benzene rings is 3. The fourth-order valence-electron chi connectivity index (χ4n) is 6.01. The Bertz CT molecular complexity index is 1390. The van der Waals surface area contributed by atoms with Crippen LogP contribution in [0.15, 0.2) is 84.5 Å². The first-order chi connectivity index (χ1) is 17.9. The Kier molecular flexibility index (Phi) is 5.85. The van der Waals surface area contributed by atoms with Crippen molar-refractivity contribution < 1.29 is 19.1 Å². The summed E-state index contributed by atoms with van der Waals surface area (Å²) in [5.74, 6) is -0.340. The van der Waals surface area contributed by atoms with Crippen molar-refractivity contribution in [1.29, 1.82) is 0 Å². The number of carbonyl (C=O) groups excluding carboxylic acids is 2. The number of nitrogens with zero attached hydrogens (tertiary/aromatic N) is 1. The molecule has 37 heavy (non-hydrogen) atoms. The Labute approximate surface area is 224 Å². The minimum absolute atomic E-state index is 0.200. The number of carbonyl (C=O) groups is 2. The highest BCUT2D eigenvalue weighted by Gasteiger charge is 2.62. The van der Waals surface area contributed by atoms with Crippen LogP contribution >= 0.6 is 23.2 Å². The minimum Gasteiger partial charge on any atom is -0.497 e. The Morgan fingerprint density at radius 3 is 1.68 bits per heavy atom. The van der Waals surface area contributed by atoms with Gasteiger partial charge in [0, 0.05) is 11.8 Å². The number of ether oxygens (including phenoxy) is 2. The van der Waals surface area contributed by atoms with Crippen LogP contribution in [0.5, 0.6) is 11.5 Å². The zero-order valence-electron chi connectivity index (χ0n) is 20.2. The van der Waals surface area contributed by atoms with Crippen LogP contribution in [0, 0.1) is 23.7 Å². The van der Waals surface area contributed by atoms with E-state index in [1.165, 1.54) is 4.90 Å². The molecule has 1 aliphatic heterocycles. The molecule has 4 atom stereocenters. The number of hydrogen-bond acceptors (Lipinski definition) is 4. The van der Waals surface area contributed by atoms with Gasteiger partial charge in [-0.25, -0.2) is 4.90 Å². The van der Waals surface area contributed by atoms with E-state index >= 15 is 0 Å². The minimum atomic E-state index is -0.487. The molecule has 3 aliphatic rings. The number of allylic oxidation sites excluding steroid dienone is 3. The molecule has 6 rings (SSSR count). The second-order valence-corrected chi connectivity index (χ2v) is 10.1. The lowest BCUT2D eigenvalue weighted by molar-refractivity contribution is -0.122. The number of anilines is 1. The van der Waals surface area contributed by atoms with E-state index < -0.39 is 11.8 Å². The molecule has 0 spiro atoms. The summed E-state index contributed by atoms with van der Waals surface area (Å²) in [6, 6.07) is 20.7. The second kappa shape index (κ2) is 9.09. The van der Waals surface area contributed by atoms with Crippen LogP contribution in [-0.4, -0.2) is 26.0 Å². The van der Waals surface area contributed by atoms with Gasteiger partial charge in [0.1, 0.15) is 11.5 Å². The smallest absolute Gasteiger partial charge is 0.238 e. The molecule has 0 unspecified atom stereocenters. The van der Waals surface area contributed by atoms with E-state index in [2.05, 4.69) is 12.2 Å². The topological polar surface area (TPSA) is 55.8 Å². The van der Waals surface area contributed by atoms with Gasteiger partial charge in [-0.3, -0.25) is 9.59 Å². The number of halogens is 2. The van der Waals surface area contributed by atoms with Crippen LogP contribution in [0.1, 0.15) is 11.1 Å². The molecule has 5 nitrogen and oxygen atoms in total. The standard InChI is InChI=1S/C30H23Cl2NO4/c1-36-18-10-6-16(7-11-18)24(17-8-12-19(37-2)13-9-17)25-20-14-15-21(25)27-26(20)29(34)33(30(27)35)23-5-3-4-22(31)28(23)32/h3-15,20-21,26-27H,1-2H3/t20-,21-,26-,27+/m1/s1. The molecule has 1 heterocycles. The van der Waals surface area contributed by atoms with E-state index in [0.717, 1.165) is 33.8 Å². The van der Waals surface area contributed by atoms with Crippen molar-refractivity contribution in [3.8, 4) is 11.5 Å². The molecule has 0 N–H and O–H groups in total. The number of rotatable bonds is 5. The molecular weight excluding hydrogens is 509 g/mol. The largest absolute Gasteiger partial charge is 0.497 e. The molecule has 2 fully saturated rings. The van der Waals surface area contributed by atoms with Crippen LogP contribution in [-0.2, 0) is 9.59 Å². The average Bonchev–Trinajstić information content (AvgIpc) is 3.56. The Morgan fingerprint density at radius 1 is 0.730 bits per heavy atom. The molecule has 186 valence electrons. The van der Waals surface area contributed by atoms with Crippen molar-refractivity contribution in [2.75, 3.05) is 19.1 Å². The average molecular weight is 532 g/mol. The predicted octanol–water partition coefficient (Wildman–Crippen LogP) is 6.43. The lowest BCUT2D eigenvalue weighted by atomic mass is 9.85. The summed E-state index contributed by atoms with van der Waals surface area (Å²) in [7, 11) is 3.27. The fraction of sp³-hybridized carbons (Fsp3) is 0.200. The highest BCUT2D eigenvalue weighted by atomic mass is 35.5. The van der Waals surface area contributed by atoms with E-state index in [9.17, 15) is 9.59 Å². The van der Waals surface area contributed by atoms with E-state index in [0.29, 0.717) is 10.7 Å². The molecular formula is C30H23Cl2NO4. The molecule has 3 aromatic rings. The van der Waals surface area contributed by atoms with E-state index in [-0.39, 0.29) is 28.7 Å². The number of methoxy groups -OCH3 is 2. The van der Waals surface area contributed by atoms with Gasteiger partial charge in [0.2, 0.25) is 11.8 Å². The van der Waals surface area contributed by atoms with Gasteiger partial charge in [-0.2, -0.15) is 0 Å². The Hall–Kier alpha value is -3.54. The van der Waals surface area contributed by atoms with Crippen molar-refractivity contribution in [2.45, 2.75) is 0 Å². The van der Waals surface area contributed by atoms with E-state index in [4.69, 9.17) is 32.7 Å². The van der Waals surface area contributed by atoms with Crippen molar-refractivity contribution in [3.63, 3.8) is 0 Å². The molecule has 2 aliphatic carbocycles. The van der Waals surface area contributed by atoms with Crippen molar-refractivity contribution >= 4 is 46.3 Å². The molecule has 0 radical (unpaired) electrons. The van der Waals surface area contributed by atoms with Gasteiger partial charge >= 0.3 is 0 Å². The van der Waals surface area contributed by atoms with Crippen molar-refractivity contribution in [3.05, 3.63) is 106 Å². The normalized spacial score (nSPS) is 23.6. The summed E-state index contributed by atoms with van der Waals surface area (Å²) in [5.41, 5.74) is 4.44. The number of hydrogen-bond donors (Lipinski definition) is 0. The van der Waals surface area contributed by atoms with E-state index in [1.807, 2.05) is 48.5 Å². The van der Waals surface area contributed by atoms with Crippen LogP contribution < -0.4 is 14.4 Å². The summed E-state index contributed by atoms with van der Waals surface area (Å²) in [4.78, 5) is 28.8. The summed E-state index contributed by atoms with van der Waals surface area (Å²) in [5, 5.41) is 0.513. The zero-order chi connectivity index (χ0) is 25.8. The summed E-state index contributed by atoms with van der Waals surface area (Å²) < 4.78 is 10.7. The SMILES string of the molecule is COc1ccc(C(=C2[C@H]3C=C[C@H]2[C@H]2C(=O)N(c4cccc(Cl)c4Cl)C(=O)[C@H]23)c2ccc(OC)cc2)cc1. The molecule has 1 saturated heterocycles. The van der Waals surface area contributed by atoms with Gasteiger partial charge in [0.05, 0.1) is 41.8 Å². The first-order valence-electron chi connectivity index (χ1n) is 12.0. The molecule has 0 aromatic heterocycles. The van der Waals surface area contributed by atoms with Gasteiger partial charge in [0.25, 0.3) is 0 Å². The first-order valence-corrected chi connectivity index (χ1v) is 12.7. The molecule has 7 heteroatoms. The van der Waals surface area contributed by atoms with Gasteiger partial charge in [-0.05, 0) is 58.7 Å². The zero-order valence-corrected chi connectivity index (χ0v) is 21.7. The van der Waals surface area contributed by atoms with Crippen LogP contribution in [0.25, 0.3) is 5.57 Å². The number of fused-ring (bicyclic) bond motifs is 5. The summed E-state index contributed by atoms with van der Waals surface area (Å²) in [6.45, 7) is 0. The van der Waals surface area contributed by atoms with Crippen LogP contribution in [0.2, 0.25) is 10.0 Å². The quantitative estimate of drug-likeness (QED) is 0.281. The van der Waals surface area contributed by atoms with Gasteiger partial charge in [-0.15, -0.1) is 0 Å². The highest BCUT2D eigenvalue weighted by molar-refractivity contribution is 6.45. The van der Waals surface area contributed by atoms with Crippen molar-refractivity contribution in [2.24, 2.45) is 23.7 Å². The van der Waals surface area contributed by atoms with Crippen molar-refractivity contribution in [1.82, 2.24) is 0 Å². The van der Waals surface area contributed by atoms with Crippen LogP contribution in [0.4, 0.5) is 5.69 Å². The molecule has 2 amide bonds. The summed E-state index contributed by atoms with van der Waals surface area (Å²) in [6.07, 6.45) is 4.14. The lowest BCUT2D eigenvalue weighted by Crippen LogP contribution is -2.33. The Morgan fingerprint density at radius 2 is 1.22 bits per heavy atom. The number of imide groups is 1. The lowest BCUT2D eigenvalue weighted by Gasteiger charge is -2.22. The summed E-state index contributed by atoms with van der Waals surface area (Å²) >= 11 is 12.6.